The minimum atomic E-state index is -0.919. The quantitative estimate of drug-likeness (QED) is 0.784. The maximum Gasteiger partial charge on any atom is 0.259 e. The molecule has 0 aliphatic carbocycles. The van der Waals surface area contributed by atoms with Gasteiger partial charge >= 0.3 is 0 Å². The highest BCUT2D eigenvalue weighted by Gasteiger charge is 2.02. The van der Waals surface area contributed by atoms with Crippen molar-refractivity contribution in [3.8, 4) is 0 Å². The first-order valence-electron chi connectivity index (χ1n) is 6.26. The van der Waals surface area contributed by atoms with Crippen LogP contribution in [-0.2, 0) is 0 Å². The molecule has 0 saturated carbocycles. The molecule has 0 amide bonds. The molecule has 3 aromatic rings. The van der Waals surface area contributed by atoms with Crippen LogP contribution in [0.15, 0.2) is 47.3 Å². The predicted octanol–water partition coefficient (Wildman–Crippen LogP) is 3.37. The summed E-state index contributed by atoms with van der Waals surface area (Å²) in [6.45, 7) is 0. The van der Waals surface area contributed by atoms with Gasteiger partial charge in [0.25, 0.3) is 5.56 Å². The van der Waals surface area contributed by atoms with Crippen molar-refractivity contribution in [2.45, 2.75) is 0 Å². The van der Waals surface area contributed by atoms with Crippen LogP contribution in [0.25, 0.3) is 23.1 Å². The summed E-state index contributed by atoms with van der Waals surface area (Å²) in [5.74, 6) is -1.47. The number of hydrogen-bond acceptors (Lipinski definition) is 2. The van der Waals surface area contributed by atoms with Crippen molar-refractivity contribution in [1.29, 1.82) is 0 Å². The Morgan fingerprint density at radius 3 is 2.62 bits per heavy atom. The average Bonchev–Trinajstić information content (AvgIpc) is 2.49. The molecule has 0 fully saturated rings. The van der Waals surface area contributed by atoms with E-state index in [0.717, 1.165) is 12.1 Å². The summed E-state index contributed by atoms with van der Waals surface area (Å²) < 4.78 is 25.9. The van der Waals surface area contributed by atoms with E-state index in [-0.39, 0.29) is 5.56 Å². The molecule has 0 saturated heterocycles. The molecule has 3 rings (SSSR count). The topological polar surface area (TPSA) is 45.8 Å². The van der Waals surface area contributed by atoms with E-state index in [2.05, 4.69) is 9.97 Å². The van der Waals surface area contributed by atoms with E-state index in [0.29, 0.717) is 22.3 Å². The molecule has 2 aromatic carbocycles. The van der Waals surface area contributed by atoms with Crippen LogP contribution in [0.5, 0.6) is 0 Å². The number of fused-ring (bicyclic) bond motifs is 1. The Hall–Kier alpha value is -2.82. The Kier molecular flexibility index (Phi) is 3.31. The van der Waals surface area contributed by atoms with Gasteiger partial charge < -0.3 is 4.98 Å². The lowest BCUT2D eigenvalue weighted by atomic mass is 10.2. The first kappa shape index (κ1) is 13.2. The fourth-order valence-corrected chi connectivity index (χ4v) is 1.97. The number of aromatic amines is 1. The van der Waals surface area contributed by atoms with Gasteiger partial charge in [-0.05, 0) is 35.9 Å². The third-order valence-electron chi connectivity index (χ3n) is 3.01. The van der Waals surface area contributed by atoms with Crippen LogP contribution in [0, 0.1) is 11.6 Å². The van der Waals surface area contributed by atoms with Crippen molar-refractivity contribution >= 4 is 23.1 Å². The first-order valence-corrected chi connectivity index (χ1v) is 6.26. The molecule has 21 heavy (non-hydrogen) atoms. The number of aromatic nitrogens is 2. The van der Waals surface area contributed by atoms with Gasteiger partial charge in [0, 0.05) is 0 Å². The molecule has 0 aliphatic rings. The number of H-pyrrole nitrogens is 1. The van der Waals surface area contributed by atoms with E-state index < -0.39 is 11.6 Å². The standard InChI is InChI=1S/C16H10F2N2O/c17-12-7-5-10(9-13(12)18)6-8-15-19-14-4-2-1-3-11(14)16(21)20-15/h1-9H,(H,19,20,21)/b8-6+. The molecule has 3 nitrogen and oxygen atoms in total. The second-order valence-corrected chi connectivity index (χ2v) is 4.48. The summed E-state index contributed by atoms with van der Waals surface area (Å²) in [6, 6.07) is 10.5. The van der Waals surface area contributed by atoms with Gasteiger partial charge in [-0.25, -0.2) is 13.8 Å². The summed E-state index contributed by atoms with van der Waals surface area (Å²) in [7, 11) is 0. The van der Waals surface area contributed by atoms with Crippen LogP contribution in [0.4, 0.5) is 8.78 Å². The second-order valence-electron chi connectivity index (χ2n) is 4.48. The highest BCUT2D eigenvalue weighted by molar-refractivity contribution is 5.78. The number of hydrogen-bond donors (Lipinski definition) is 1. The Labute approximate surface area is 118 Å². The van der Waals surface area contributed by atoms with Crippen LogP contribution < -0.4 is 5.56 Å². The summed E-state index contributed by atoms with van der Waals surface area (Å²) in [6.07, 6.45) is 3.09. The largest absolute Gasteiger partial charge is 0.306 e. The van der Waals surface area contributed by atoms with Gasteiger partial charge in [0.05, 0.1) is 10.9 Å². The van der Waals surface area contributed by atoms with E-state index in [1.165, 1.54) is 6.07 Å². The van der Waals surface area contributed by atoms with Crippen molar-refractivity contribution in [3.63, 3.8) is 0 Å². The molecule has 0 aliphatic heterocycles. The Morgan fingerprint density at radius 2 is 1.81 bits per heavy atom. The number of nitrogens with zero attached hydrogens (tertiary/aromatic N) is 1. The van der Waals surface area contributed by atoms with E-state index in [4.69, 9.17) is 0 Å². The average molecular weight is 284 g/mol. The van der Waals surface area contributed by atoms with Crippen LogP contribution in [0.2, 0.25) is 0 Å². The molecule has 5 heteroatoms. The Bertz CT molecular complexity index is 900. The molecule has 0 unspecified atom stereocenters. The van der Waals surface area contributed by atoms with Crippen LogP contribution >= 0.6 is 0 Å². The predicted molar refractivity (Wildman–Crippen MR) is 77.6 cm³/mol. The van der Waals surface area contributed by atoms with E-state index in [1.54, 1.807) is 36.4 Å². The highest BCUT2D eigenvalue weighted by atomic mass is 19.2. The SMILES string of the molecule is O=c1[nH]c(/C=C/c2ccc(F)c(F)c2)nc2ccccc12. The molecule has 1 heterocycles. The highest BCUT2D eigenvalue weighted by Crippen LogP contribution is 2.12. The van der Waals surface area contributed by atoms with Crippen molar-refractivity contribution in [2.24, 2.45) is 0 Å². The normalized spacial score (nSPS) is 11.3. The fourth-order valence-electron chi connectivity index (χ4n) is 1.97. The Balaban J connectivity index is 1.99. The maximum atomic E-state index is 13.1. The lowest BCUT2D eigenvalue weighted by molar-refractivity contribution is 0.508. The van der Waals surface area contributed by atoms with Crippen molar-refractivity contribution in [3.05, 3.63) is 75.8 Å². The zero-order valence-electron chi connectivity index (χ0n) is 10.8. The fraction of sp³-hybridized carbons (Fsp3) is 0. The molecule has 1 N–H and O–H groups in total. The van der Waals surface area contributed by atoms with Crippen LogP contribution in [-0.4, -0.2) is 9.97 Å². The number of rotatable bonds is 2. The first-order chi connectivity index (χ1) is 10.1. The van der Waals surface area contributed by atoms with E-state index >= 15 is 0 Å². The molecular weight excluding hydrogens is 274 g/mol. The number of benzene rings is 2. The van der Waals surface area contributed by atoms with Crippen LogP contribution in [0.3, 0.4) is 0 Å². The van der Waals surface area contributed by atoms with Crippen LogP contribution in [0.1, 0.15) is 11.4 Å². The molecule has 104 valence electrons. The molecule has 0 atom stereocenters. The van der Waals surface area contributed by atoms with Crippen molar-refractivity contribution in [1.82, 2.24) is 9.97 Å². The Morgan fingerprint density at radius 1 is 1.00 bits per heavy atom. The minimum absolute atomic E-state index is 0.245. The second kappa shape index (κ2) is 5.28. The van der Waals surface area contributed by atoms with Gasteiger partial charge in [-0.15, -0.1) is 0 Å². The lowest BCUT2D eigenvalue weighted by Crippen LogP contribution is -2.09. The number of para-hydroxylation sites is 1. The number of nitrogens with one attached hydrogen (secondary N) is 1. The monoisotopic (exact) mass is 284 g/mol. The summed E-state index contributed by atoms with van der Waals surface area (Å²) in [5.41, 5.74) is 0.807. The molecule has 1 aromatic heterocycles. The van der Waals surface area contributed by atoms with Gasteiger partial charge in [-0.1, -0.05) is 24.3 Å². The molecule has 0 radical (unpaired) electrons. The summed E-state index contributed by atoms with van der Waals surface area (Å²) in [5, 5.41) is 0.502. The maximum absolute atomic E-state index is 13.1. The summed E-state index contributed by atoms with van der Waals surface area (Å²) in [4.78, 5) is 18.8. The van der Waals surface area contributed by atoms with Gasteiger partial charge in [0.1, 0.15) is 5.82 Å². The van der Waals surface area contributed by atoms with Gasteiger partial charge in [0.2, 0.25) is 0 Å². The van der Waals surface area contributed by atoms with Gasteiger partial charge in [-0.3, -0.25) is 4.79 Å². The summed E-state index contributed by atoms with van der Waals surface area (Å²) >= 11 is 0. The zero-order valence-corrected chi connectivity index (χ0v) is 10.8. The zero-order chi connectivity index (χ0) is 14.8. The van der Waals surface area contributed by atoms with E-state index in [9.17, 15) is 13.6 Å². The van der Waals surface area contributed by atoms with Gasteiger partial charge in [0.15, 0.2) is 11.6 Å². The smallest absolute Gasteiger partial charge is 0.259 e. The van der Waals surface area contributed by atoms with Crippen molar-refractivity contribution < 1.29 is 8.78 Å². The molecular formula is C16H10F2N2O. The number of halogens is 2. The van der Waals surface area contributed by atoms with Crippen molar-refractivity contribution in [2.75, 3.05) is 0 Å². The lowest BCUT2D eigenvalue weighted by Gasteiger charge is -1.99. The van der Waals surface area contributed by atoms with Gasteiger partial charge in [-0.2, -0.15) is 0 Å². The minimum Gasteiger partial charge on any atom is -0.306 e. The van der Waals surface area contributed by atoms with E-state index in [1.807, 2.05) is 0 Å². The molecule has 0 bridgehead atoms. The molecule has 0 spiro atoms. The third kappa shape index (κ3) is 2.72. The third-order valence-corrected chi connectivity index (χ3v) is 3.01.